The normalized spacial score (nSPS) is 14.5. The smallest absolute Gasteiger partial charge is 0.309 e. The maximum atomic E-state index is 10.7. The van der Waals surface area contributed by atoms with E-state index < -0.39 is 11.4 Å². The number of carbonyl (C=O) groups is 1. The highest BCUT2D eigenvalue weighted by molar-refractivity contribution is 5.73. The highest BCUT2D eigenvalue weighted by Gasteiger charge is 2.32. The maximum absolute atomic E-state index is 10.7. The second kappa shape index (κ2) is 3.74. The predicted octanol–water partition coefficient (Wildman–Crippen LogP) is 2.53. The van der Waals surface area contributed by atoms with E-state index in [-0.39, 0.29) is 5.92 Å². The quantitative estimate of drug-likeness (QED) is 0.682. The highest BCUT2D eigenvalue weighted by Crippen LogP contribution is 2.29. The molecule has 0 radical (unpaired) electrons. The van der Waals surface area contributed by atoms with Gasteiger partial charge in [-0.25, -0.2) is 0 Å². The lowest BCUT2D eigenvalue weighted by Gasteiger charge is -2.26. The number of hydrogen-bond donors (Lipinski definition) is 1. The zero-order valence-corrected chi connectivity index (χ0v) is 7.85. The molecule has 0 aliphatic carbocycles. The summed E-state index contributed by atoms with van der Waals surface area (Å²) in [7, 11) is 0. The Hall–Kier alpha value is -0.530. The molecule has 0 aromatic heterocycles. The Labute approximate surface area is 68.6 Å². The van der Waals surface area contributed by atoms with Gasteiger partial charge in [-0.1, -0.05) is 20.3 Å². The van der Waals surface area contributed by atoms with Gasteiger partial charge >= 0.3 is 5.97 Å². The van der Waals surface area contributed by atoms with Crippen LogP contribution in [0, 0.1) is 11.3 Å². The third-order valence-corrected chi connectivity index (χ3v) is 2.50. The Morgan fingerprint density at radius 1 is 1.55 bits per heavy atom. The van der Waals surface area contributed by atoms with Gasteiger partial charge < -0.3 is 5.11 Å². The first-order valence-electron chi connectivity index (χ1n) is 4.16. The second-order valence-corrected chi connectivity index (χ2v) is 3.72. The van der Waals surface area contributed by atoms with Gasteiger partial charge in [0.1, 0.15) is 0 Å². The van der Waals surface area contributed by atoms with E-state index in [2.05, 4.69) is 6.92 Å². The van der Waals surface area contributed by atoms with Gasteiger partial charge in [0.2, 0.25) is 0 Å². The van der Waals surface area contributed by atoms with Crippen molar-refractivity contribution in [3.8, 4) is 0 Å². The molecule has 0 amide bonds. The fourth-order valence-corrected chi connectivity index (χ4v) is 1.00. The van der Waals surface area contributed by atoms with Crippen LogP contribution in [0.15, 0.2) is 0 Å². The fraction of sp³-hybridized carbons (Fsp3) is 0.889. The zero-order chi connectivity index (χ0) is 9.07. The first-order valence-corrected chi connectivity index (χ1v) is 4.16. The summed E-state index contributed by atoms with van der Waals surface area (Å²) >= 11 is 0. The van der Waals surface area contributed by atoms with Crippen molar-refractivity contribution >= 4 is 5.97 Å². The third-order valence-electron chi connectivity index (χ3n) is 2.50. The Kier molecular flexibility index (Phi) is 3.56. The van der Waals surface area contributed by atoms with E-state index in [0.29, 0.717) is 0 Å². The number of aliphatic carboxylic acids is 1. The highest BCUT2D eigenvalue weighted by atomic mass is 16.4. The summed E-state index contributed by atoms with van der Waals surface area (Å²) in [6, 6.07) is 0. The molecule has 0 bridgehead atoms. The molecule has 0 fully saturated rings. The van der Waals surface area contributed by atoms with Gasteiger partial charge in [-0.05, 0) is 26.2 Å². The first-order chi connectivity index (χ1) is 4.92. The lowest BCUT2D eigenvalue weighted by molar-refractivity contribution is -0.149. The molecule has 0 spiro atoms. The molecule has 0 aromatic rings. The van der Waals surface area contributed by atoms with Crippen LogP contribution in [0.2, 0.25) is 0 Å². The lowest BCUT2D eigenvalue weighted by Crippen LogP contribution is -2.30. The molecule has 11 heavy (non-hydrogen) atoms. The number of carboxylic acids is 1. The van der Waals surface area contributed by atoms with Gasteiger partial charge in [0.05, 0.1) is 5.41 Å². The van der Waals surface area contributed by atoms with Gasteiger partial charge in [0.15, 0.2) is 0 Å². The Bertz CT molecular complexity index is 138. The molecule has 66 valence electrons. The summed E-state index contributed by atoms with van der Waals surface area (Å²) < 4.78 is 0. The molecular formula is C9H18O2. The van der Waals surface area contributed by atoms with Crippen LogP contribution in [0.3, 0.4) is 0 Å². The van der Waals surface area contributed by atoms with Crippen molar-refractivity contribution in [2.45, 2.75) is 40.5 Å². The predicted molar refractivity (Wildman–Crippen MR) is 45.5 cm³/mol. The Morgan fingerprint density at radius 3 is 2.27 bits per heavy atom. The fourth-order valence-electron chi connectivity index (χ4n) is 1.00. The van der Waals surface area contributed by atoms with Crippen molar-refractivity contribution in [2.24, 2.45) is 11.3 Å². The summed E-state index contributed by atoms with van der Waals surface area (Å²) in [6.07, 6.45) is 2.04. The maximum Gasteiger partial charge on any atom is 0.309 e. The molecule has 0 aliphatic heterocycles. The standard InChI is InChI=1S/C9H18O2/c1-5-6-7(2)9(3,4)8(10)11/h7H,5-6H2,1-4H3,(H,10,11). The van der Waals surface area contributed by atoms with Crippen LogP contribution in [0.25, 0.3) is 0 Å². The van der Waals surface area contributed by atoms with Crippen molar-refractivity contribution in [3.05, 3.63) is 0 Å². The Morgan fingerprint density at radius 2 is 2.00 bits per heavy atom. The molecule has 0 aliphatic rings. The van der Waals surface area contributed by atoms with Gasteiger partial charge in [0.25, 0.3) is 0 Å². The Balaban J connectivity index is 4.17. The van der Waals surface area contributed by atoms with Crippen molar-refractivity contribution < 1.29 is 9.90 Å². The first kappa shape index (κ1) is 10.5. The summed E-state index contributed by atoms with van der Waals surface area (Å²) in [5, 5.41) is 8.84. The molecule has 1 unspecified atom stereocenters. The van der Waals surface area contributed by atoms with E-state index in [1.165, 1.54) is 0 Å². The third kappa shape index (κ3) is 2.52. The minimum Gasteiger partial charge on any atom is -0.481 e. The van der Waals surface area contributed by atoms with Crippen LogP contribution >= 0.6 is 0 Å². The van der Waals surface area contributed by atoms with Crippen LogP contribution in [0.1, 0.15) is 40.5 Å². The van der Waals surface area contributed by atoms with Crippen molar-refractivity contribution in [2.75, 3.05) is 0 Å². The van der Waals surface area contributed by atoms with E-state index >= 15 is 0 Å². The summed E-state index contributed by atoms with van der Waals surface area (Å²) in [5.74, 6) is -0.441. The molecule has 1 atom stereocenters. The van der Waals surface area contributed by atoms with Crippen LogP contribution in [-0.4, -0.2) is 11.1 Å². The van der Waals surface area contributed by atoms with Gasteiger partial charge in [-0.15, -0.1) is 0 Å². The monoisotopic (exact) mass is 158 g/mol. The number of hydrogen-bond acceptors (Lipinski definition) is 1. The van der Waals surface area contributed by atoms with Crippen molar-refractivity contribution in [1.29, 1.82) is 0 Å². The summed E-state index contributed by atoms with van der Waals surface area (Å²) in [4.78, 5) is 10.7. The number of carboxylic acid groups (broad SMARTS) is 1. The molecule has 0 rings (SSSR count). The van der Waals surface area contributed by atoms with Crippen LogP contribution in [0.4, 0.5) is 0 Å². The van der Waals surface area contributed by atoms with E-state index in [9.17, 15) is 4.79 Å². The van der Waals surface area contributed by atoms with Gasteiger partial charge in [-0.2, -0.15) is 0 Å². The molecule has 0 heterocycles. The SMILES string of the molecule is CCCC(C)C(C)(C)C(=O)O. The molecule has 0 saturated carbocycles. The molecule has 2 heteroatoms. The molecular weight excluding hydrogens is 140 g/mol. The van der Waals surface area contributed by atoms with Crippen molar-refractivity contribution in [3.63, 3.8) is 0 Å². The van der Waals surface area contributed by atoms with E-state index in [1.54, 1.807) is 13.8 Å². The van der Waals surface area contributed by atoms with E-state index in [1.807, 2.05) is 6.92 Å². The molecule has 2 nitrogen and oxygen atoms in total. The zero-order valence-electron chi connectivity index (χ0n) is 7.85. The summed E-state index contributed by atoms with van der Waals surface area (Å²) in [5.41, 5.74) is -0.573. The largest absolute Gasteiger partial charge is 0.481 e. The molecule has 1 N–H and O–H groups in total. The van der Waals surface area contributed by atoms with Crippen LogP contribution in [0.5, 0.6) is 0 Å². The van der Waals surface area contributed by atoms with Crippen LogP contribution in [-0.2, 0) is 4.79 Å². The van der Waals surface area contributed by atoms with E-state index in [0.717, 1.165) is 12.8 Å². The van der Waals surface area contributed by atoms with Crippen LogP contribution < -0.4 is 0 Å². The molecule has 0 saturated heterocycles. The average Bonchev–Trinajstić information content (AvgIpc) is 1.88. The lowest BCUT2D eigenvalue weighted by atomic mass is 9.78. The van der Waals surface area contributed by atoms with E-state index in [4.69, 9.17) is 5.11 Å². The average molecular weight is 158 g/mol. The number of rotatable bonds is 4. The second-order valence-electron chi connectivity index (χ2n) is 3.72. The van der Waals surface area contributed by atoms with Gasteiger partial charge in [-0.3, -0.25) is 4.79 Å². The topological polar surface area (TPSA) is 37.3 Å². The molecule has 0 aromatic carbocycles. The summed E-state index contributed by atoms with van der Waals surface area (Å²) in [6.45, 7) is 7.65. The van der Waals surface area contributed by atoms with Gasteiger partial charge in [0, 0.05) is 0 Å². The minimum atomic E-state index is -0.696. The van der Waals surface area contributed by atoms with Crippen molar-refractivity contribution in [1.82, 2.24) is 0 Å². The minimum absolute atomic E-state index is 0.255.